The van der Waals surface area contributed by atoms with Crippen LogP contribution < -0.4 is 14.8 Å². The summed E-state index contributed by atoms with van der Waals surface area (Å²) in [6.07, 6.45) is 2.31. The van der Waals surface area contributed by atoms with E-state index >= 15 is 0 Å². The molecule has 0 radical (unpaired) electrons. The lowest BCUT2D eigenvalue weighted by Gasteiger charge is -2.15. The van der Waals surface area contributed by atoms with Crippen LogP contribution in [-0.4, -0.2) is 51.9 Å². The van der Waals surface area contributed by atoms with Gasteiger partial charge in [-0.3, -0.25) is 19.3 Å². The summed E-state index contributed by atoms with van der Waals surface area (Å²) >= 11 is 12.8. The van der Waals surface area contributed by atoms with Gasteiger partial charge in [0, 0.05) is 12.2 Å². The Kier molecular flexibility index (Phi) is 9.74. The van der Waals surface area contributed by atoms with E-state index in [2.05, 4.69) is 12.2 Å². The number of carboxylic acids is 1. The Balaban J connectivity index is 1.73. The minimum absolute atomic E-state index is 0.000117. The van der Waals surface area contributed by atoms with Crippen molar-refractivity contribution in [3.05, 3.63) is 57.5 Å². The highest BCUT2D eigenvalue weighted by Crippen LogP contribution is 2.39. The number of anilines is 1. The molecular formula is C25H25ClN2O6S2. The SMILES string of the molecule is CCOc1cc(/C=C2\SC(=S)N(CCC(=O)O)C2=O)cc(Cl)c1OCC(=O)Nc1ccc(CC)cc1. The first kappa shape index (κ1) is 27.5. The summed E-state index contributed by atoms with van der Waals surface area (Å²) in [5.74, 6) is -1.21. The Bertz CT molecular complexity index is 1200. The third kappa shape index (κ3) is 7.22. The van der Waals surface area contributed by atoms with Gasteiger partial charge in [0.05, 0.1) is 23.0 Å². The number of nitrogens with one attached hydrogen (secondary N) is 1. The first-order valence-corrected chi connectivity index (χ1v) is 12.8. The van der Waals surface area contributed by atoms with Crippen molar-refractivity contribution in [3.63, 3.8) is 0 Å². The number of thiocarbonyl (C=S) groups is 1. The number of carboxylic acid groups (broad SMARTS) is 1. The summed E-state index contributed by atoms with van der Waals surface area (Å²) in [7, 11) is 0. The van der Waals surface area contributed by atoms with Crippen molar-refractivity contribution in [1.82, 2.24) is 4.90 Å². The second-order valence-corrected chi connectivity index (χ2v) is 9.71. The monoisotopic (exact) mass is 548 g/mol. The standard InChI is InChI=1S/C25H25ClN2O6S2/c1-3-15-5-7-17(8-6-15)27-21(29)14-34-23-18(26)11-16(12-19(23)33-4-2)13-20-24(32)28(25(35)36-20)10-9-22(30)31/h5-8,11-13H,3-4,9-10,14H2,1-2H3,(H,27,29)(H,30,31)/b20-13-. The molecule has 0 saturated carbocycles. The fourth-order valence-electron chi connectivity index (χ4n) is 3.28. The van der Waals surface area contributed by atoms with E-state index in [0.717, 1.165) is 18.2 Å². The van der Waals surface area contributed by atoms with Crippen LogP contribution in [0.25, 0.3) is 6.08 Å². The molecule has 2 aromatic rings. The van der Waals surface area contributed by atoms with Crippen molar-refractivity contribution >= 4 is 69.4 Å². The van der Waals surface area contributed by atoms with Crippen molar-refractivity contribution in [2.24, 2.45) is 0 Å². The van der Waals surface area contributed by atoms with E-state index in [-0.39, 0.29) is 42.2 Å². The number of hydrogen-bond acceptors (Lipinski definition) is 7. The predicted molar refractivity (Wildman–Crippen MR) is 145 cm³/mol. The molecule has 0 spiro atoms. The summed E-state index contributed by atoms with van der Waals surface area (Å²) in [4.78, 5) is 37.5. The Morgan fingerprint density at radius 3 is 2.56 bits per heavy atom. The van der Waals surface area contributed by atoms with E-state index in [0.29, 0.717) is 32.8 Å². The number of benzene rings is 2. The first-order valence-electron chi connectivity index (χ1n) is 11.2. The van der Waals surface area contributed by atoms with Gasteiger partial charge in [0.15, 0.2) is 18.1 Å². The number of aliphatic carboxylic acids is 1. The zero-order chi connectivity index (χ0) is 26.2. The smallest absolute Gasteiger partial charge is 0.305 e. The van der Waals surface area contributed by atoms with Crippen LogP contribution >= 0.6 is 35.6 Å². The van der Waals surface area contributed by atoms with Crippen LogP contribution in [0.1, 0.15) is 31.4 Å². The van der Waals surface area contributed by atoms with Gasteiger partial charge in [-0.2, -0.15) is 0 Å². The van der Waals surface area contributed by atoms with Crippen molar-refractivity contribution < 1.29 is 29.0 Å². The topological polar surface area (TPSA) is 105 Å². The van der Waals surface area contributed by atoms with Gasteiger partial charge in [0.2, 0.25) is 0 Å². The molecule has 2 N–H and O–H groups in total. The van der Waals surface area contributed by atoms with Crippen LogP contribution in [0.15, 0.2) is 41.3 Å². The molecule has 3 rings (SSSR count). The van der Waals surface area contributed by atoms with E-state index < -0.39 is 5.97 Å². The molecule has 1 aliphatic rings. The maximum absolute atomic E-state index is 12.7. The van der Waals surface area contributed by atoms with Gasteiger partial charge in [-0.05, 0) is 54.8 Å². The normalized spacial score (nSPS) is 14.3. The highest BCUT2D eigenvalue weighted by atomic mass is 35.5. The molecule has 1 aliphatic heterocycles. The number of hydrogen-bond donors (Lipinski definition) is 2. The molecular weight excluding hydrogens is 524 g/mol. The van der Waals surface area contributed by atoms with Crippen LogP contribution in [-0.2, 0) is 20.8 Å². The highest BCUT2D eigenvalue weighted by Gasteiger charge is 2.32. The maximum atomic E-state index is 12.7. The summed E-state index contributed by atoms with van der Waals surface area (Å²) in [5.41, 5.74) is 2.39. The van der Waals surface area contributed by atoms with Crippen LogP contribution in [0.4, 0.5) is 5.69 Å². The van der Waals surface area contributed by atoms with Crippen LogP contribution in [0, 0.1) is 0 Å². The Morgan fingerprint density at radius 1 is 1.19 bits per heavy atom. The zero-order valence-electron chi connectivity index (χ0n) is 19.7. The van der Waals surface area contributed by atoms with Gasteiger partial charge in [0.1, 0.15) is 4.32 Å². The number of halogens is 1. The predicted octanol–water partition coefficient (Wildman–Crippen LogP) is 4.99. The van der Waals surface area contributed by atoms with Crippen LogP contribution in [0.2, 0.25) is 5.02 Å². The number of thioether (sulfide) groups is 1. The molecule has 36 heavy (non-hydrogen) atoms. The Labute approximate surface area is 223 Å². The maximum Gasteiger partial charge on any atom is 0.305 e. The minimum Gasteiger partial charge on any atom is -0.490 e. The molecule has 1 saturated heterocycles. The number of rotatable bonds is 11. The highest BCUT2D eigenvalue weighted by molar-refractivity contribution is 8.26. The number of nitrogens with zero attached hydrogens (tertiary/aromatic N) is 1. The largest absolute Gasteiger partial charge is 0.490 e. The van der Waals surface area contributed by atoms with E-state index in [4.69, 9.17) is 38.4 Å². The molecule has 2 amide bonds. The van der Waals surface area contributed by atoms with Crippen molar-refractivity contribution in [3.8, 4) is 11.5 Å². The summed E-state index contributed by atoms with van der Waals surface area (Å²) in [6.45, 7) is 3.89. The quantitative estimate of drug-likeness (QED) is 0.299. The molecule has 0 unspecified atom stereocenters. The minimum atomic E-state index is -1.01. The van der Waals surface area contributed by atoms with Crippen molar-refractivity contribution in [2.45, 2.75) is 26.7 Å². The summed E-state index contributed by atoms with van der Waals surface area (Å²) < 4.78 is 11.6. The van der Waals surface area contributed by atoms with E-state index in [1.165, 1.54) is 10.5 Å². The molecule has 0 atom stereocenters. The molecule has 1 heterocycles. The number of carbonyl (C=O) groups is 3. The van der Waals surface area contributed by atoms with E-state index in [9.17, 15) is 14.4 Å². The molecule has 1 fully saturated rings. The molecule has 0 aliphatic carbocycles. The number of amides is 2. The molecule has 11 heteroatoms. The molecule has 0 bridgehead atoms. The van der Waals surface area contributed by atoms with E-state index in [1.807, 2.05) is 24.3 Å². The second-order valence-electron chi connectivity index (χ2n) is 7.63. The Hall–Kier alpha value is -3.08. The molecule has 8 nitrogen and oxygen atoms in total. The van der Waals surface area contributed by atoms with Gasteiger partial charge in [-0.25, -0.2) is 0 Å². The van der Waals surface area contributed by atoms with Gasteiger partial charge in [-0.15, -0.1) is 0 Å². The zero-order valence-corrected chi connectivity index (χ0v) is 22.1. The van der Waals surface area contributed by atoms with Crippen LogP contribution in [0.5, 0.6) is 11.5 Å². The average molecular weight is 549 g/mol. The van der Waals surface area contributed by atoms with Gasteiger partial charge >= 0.3 is 5.97 Å². The molecule has 190 valence electrons. The fourth-order valence-corrected chi connectivity index (χ4v) is 4.87. The Morgan fingerprint density at radius 2 is 1.92 bits per heavy atom. The van der Waals surface area contributed by atoms with Crippen LogP contribution in [0.3, 0.4) is 0 Å². The summed E-state index contributed by atoms with van der Waals surface area (Å²) in [5, 5.41) is 11.9. The average Bonchev–Trinajstić information content (AvgIpc) is 3.09. The van der Waals surface area contributed by atoms with Gasteiger partial charge < -0.3 is 19.9 Å². The number of carbonyl (C=O) groups excluding carboxylic acids is 2. The molecule has 2 aromatic carbocycles. The third-order valence-electron chi connectivity index (χ3n) is 5.05. The lowest BCUT2D eigenvalue weighted by atomic mass is 10.1. The first-order chi connectivity index (χ1) is 17.2. The summed E-state index contributed by atoms with van der Waals surface area (Å²) in [6, 6.07) is 10.8. The van der Waals surface area contributed by atoms with E-state index in [1.54, 1.807) is 25.1 Å². The lowest BCUT2D eigenvalue weighted by Crippen LogP contribution is -2.30. The number of aryl methyl sites for hydroxylation is 1. The fraction of sp³-hybridized carbons (Fsp3) is 0.280. The van der Waals surface area contributed by atoms with Crippen molar-refractivity contribution in [1.29, 1.82) is 0 Å². The third-order valence-corrected chi connectivity index (χ3v) is 6.70. The lowest BCUT2D eigenvalue weighted by molar-refractivity contribution is -0.137. The number of ether oxygens (including phenoxy) is 2. The molecule has 0 aromatic heterocycles. The van der Waals surface area contributed by atoms with Gasteiger partial charge in [0.25, 0.3) is 11.8 Å². The second kappa shape index (κ2) is 12.8. The van der Waals surface area contributed by atoms with Crippen molar-refractivity contribution in [2.75, 3.05) is 25.1 Å². The van der Waals surface area contributed by atoms with Gasteiger partial charge in [-0.1, -0.05) is 54.6 Å².